The molecule has 2 atom stereocenters. The van der Waals surface area contributed by atoms with E-state index < -0.39 is 12.1 Å². The fourth-order valence-electron chi connectivity index (χ4n) is 9.28. The zero-order chi connectivity index (χ0) is 47.2. The quantitative estimate of drug-likeness (QED) is 0.0321. The first-order chi connectivity index (χ1) is 32.0. The van der Waals surface area contributed by atoms with E-state index in [-0.39, 0.29) is 18.5 Å². The van der Waals surface area contributed by atoms with Crippen LogP contribution in [0.1, 0.15) is 328 Å². The number of aliphatic hydroxyl groups is 2. The smallest absolute Gasteiger partial charge is 0.305 e. The predicted molar refractivity (Wildman–Crippen MR) is 283 cm³/mol. The summed E-state index contributed by atoms with van der Waals surface area (Å²) in [5, 5.41) is 23.3. The molecule has 3 N–H and O–H groups in total. The first-order valence-corrected chi connectivity index (χ1v) is 29.4. The molecule has 6 nitrogen and oxygen atoms in total. The van der Waals surface area contributed by atoms with E-state index in [0.717, 1.165) is 77.0 Å². The van der Waals surface area contributed by atoms with Gasteiger partial charge < -0.3 is 20.3 Å². The van der Waals surface area contributed by atoms with E-state index in [1.54, 1.807) is 0 Å². The second kappa shape index (κ2) is 55.2. The van der Waals surface area contributed by atoms with Gasteiger partial charge in [-0.15, -0.1) is 0 Å². The Hall–Kier alpha value is -1.40. The van der Waals surface area contributed by atoms with E-state index in [1.807, 2.05) is 0 Å². The third kappa shape index (κ3) is 51.8. The minimum atomic E-state index is -0.680. The summed E-state index contributed by atoms with van der Waals surface area (Å²) in [6.45, 7) is 4.92. The Bertz CT molecular complexity index is 970. The highest BCUT2D eigenvalue weighted by molar-refractivity contribution is 5.76. The van der Waals surface area contributed by atoms with Gasteiger partial charge in [-0.05, 0) is 57.8 Å². The summed E-state index contributed by atoms with van der Waals surface area (Å²) in [5.74, 6) is -0.0750. The maximum absolute atomic E-state index is 12.5. The molecule has 2 unspecified atom stereocenters. The van der Waals surface area contributed by atoms with Crippen molar-refractivity contribution in [1.82, 2.24) is 5.32 Å². The number of aliphatic hydroxyl groups excluding tert-OH is 2. The van der Waals surface area contributed by atoms with Gasteiger partial charge in [0.2, 0.25) is 5.91 Å². The van der Waals surface area contributed by atoms with Crippen LogP contribution in [-0.2, 0) is 14.3 Å². The molecule has 0 rings (SSSR count). The minimum Gasteiger partial charge on any atom is -0.466 e. The first-order valence-electron chi connectivity index (χ1n) is 29.4. The second-order valence-electron chi connectivity index (χ2n) is 20.3. The SMILES string of the molecule is CCCCCCCCCCCCCCCCCCCCC(=O)OCCCCC/C=C\CCCCCCCC(=O)NC(CO)C(O)CCCCCCCCCCCCCCCCCCCC. The van der Waals surface area contributed by atoms with Crippen LogP contribution in [0, 0.1) is 0 Å². The summed E-state index contributed by atoms with van der Waals surface area (Å²) in [6.07, 6.45) is 64.9. The van der Waals surface area contributed by atoms with Crippen molar-refractivity contribution in [3.8, 4) is 0 Å². The Kier molecular flexibility index (Phi) is 54.0. The van der Waals surface area contributed by atoms with E-state index in [9.17, 15) is 19.8 Å². The van der Waals surface area contributed by atoms with Crippen molar-refractivity contribution >= 4 is 11.9 Å². The highest BCUT2D eigenvalue weighted by atomic mass is 16.5. The summed E-state index contributed by atoms with van der Waals surface area (Å²) in [4.78, 5) is 24.6. The molecule has 0 spiro atoms. The van der Waals surface area contributed by atoms with Crippen molar-refractivity contribution in [3.05, 3.63) is 12.2 Å². The standard InChI is InChI=1S/C59H115NO5/c1-3-5-7-9-11-13-15-17-19-21-23-25-27-31-35-39-43-47-51-57(62)56(55-61)60-58(63)52-48-44-40-36-32-29-30-34-38-42-46-50-54-65-59(64)53-49-45-41-37-33-28-26-24-22-20-18-16-14-12-10-8-6-4-2/h30,34,56-57,61-62H,3-29,31-33,35-55H2,1-2H3,(H,60,63)/b34-30-. The zero-order valence-electron chi connectivity index (χ0n) is 44.0. The molecule has 65 heavy (non-hydrogen) atoms. The van der Waals surface area contributed by atoms with Crippen molar-refractivity contribution in [1.29, 1.82) is 0 Å². The lowest BCUT2D eigenvalue weighted by Gasteiger charge is -2.22. The van der Waals surface area contributed by atoms with Gasteiger partial charge in [0.15, 0.2) is 0 Å². The van der Waals surface area contributed by atoms with E-state index in [0.29, 0.717) is 25.9 Å². The van der Waals surface area contributed by atoms with Gasteiger partial charge in [0.1, 0.15) is 0 Å². The third-order valence-corrected chi connectivity index (χ3v) is 13.8. The van der Waals surface area contributed by atoms with Gasteiger partial charge >= 0.3 is 5.97 Å². The van der Waals surface area contributed by atoms with Crippen molar-refractivity contribution < 1.29 is 24.5 Å². The molecule has 0 saturated carbocycles. The van der Waals surface area contributed by atoms with Crippen LogP contribution in [0.25, 0.3) is 0 Å². The lowest BCUT2D eigenvalue weighted by atomic mass is 10.0. The van der Waals surface area contributed by atoms with Crippen molar-refractivity contribution in [2.24, 2.45) is 0 Å². The topological polar surface area (TPSA) is 95.9 Å². The molecule has 0 aromatic carbocycles. The second-order valence-corrected chi connectivity index (χ2v) is 20.3. The molecule has 0 saturated heterocycles. The summed E-state index contributed by atoms with van der Waals surface area (Å²) in [7, 11) is 0. The Morgan fingerprint density at radius 2 is 0.723 bits per heavy atom. The van der Waals surface area contributed by atoms with Gasteiger partial charge in [-0.1, -0.05) is 270 Å². The van der Waals surface area contributed by atoms with Crippen LogP contribution in [-0.4, -0.2) is 47.4 Å². The number of unbranched alkanes of at least 4 members (excludes halogenated alkanes) is 42. The fourth-order valence-corrected chi connectivity index (χ4v) is 9.28. The molecule has 6 heteroatoms. The number of allylic oxidation sites excluding steroid dienone is 2. The molecule has 0 aromatic rings. The number of ether oxygens (including phenoxy) is 1. The highest BCUT2D eigenvalue weighted by Crippen LogP contribution is 2.18. The maximum atomic E-state index is 12.5. The van der Waals surface area contributed by atoms with Gasteiger partial charge in [-0.2, -0.15) is 0 Å². The van der Waals surface area contributed by atoms with Crippen LogP contribution in [0.15, 0.2) is 12.2 Å². The Morgan fingerprint density at radius 3 is 1.09 bits per heavy atom. The lowest BCUT2D eigenvalue weighted by molar-refractivity contribution is -0.143. The van der Waals surface area contributed by atoms with Crippen LogP contribution in [0.4, 0.5) is 0 Å². The predicted octanol–water partition coefficient (Wildman–Crippen LogP) is 18.1. The third-order valence-electron chi connectivity index (χ3n) is 13.8. The molecule has 386 valence electrons. The van der Waals surface area contributed by atoms with Gasteiger partial charge in [0, 0.05) is 12.8 Å². The van der Waals surface area contributed by atoms with Gasteiger partial charge in [-0.3, -0.25) is 9.59 Å². The number of amides is 1. The average molecular weight is 919 g/mol. The summed E-state index contributed by atoms with van der Waals surface area (Å²) in [6, 6.07) is -0.560. The van der Waals surface area contributed by atoms with Crippen LogP contribution < -0.4 is 5.32 Å². The molecular formula is C59H115NO5. The highest BCUT2D eigenvalue weighted by Gasteiger charge is 2.20. The van der Waals surface area contributed by atoms with Gasteiger partial charge in [-0.25, -0.2) is 0 Å². The molecule has 0 aliphatic heterocycles. The van der Waals surface area contributed by atoms with Crippen molar-refractivity contribution in [3.63, 3.8) is 0 Å². The largest absolute Gasteiger partial charge is 0.466 e. The Balaban J connectivity index is 3.47. The van der Waals surface area contributed by atoms with E-state index in [4.69, 9.17) is 4.74 Å². The minimum absolute atomic E-state index is 0.0175. The maximum Gasteiger partial charge on any atom is 0.305 e. The molecular weight excluding hydrogens is 803 g/mol. The zero-order valence-corrected chi connectivity index (χ0v) is 44.0. The monoisotopic (exact) mass is 918 g/mol. The molecule has 0 aliphatic rings. The van der Waals surface area contributed by atoms with E-state index >= 15 is 0 Å². The summed E-state index contributed by atoms with van der Waals surface area (Å²) >= 11 is 0. The van der Waals surface area contributed by atoms with Crippen LogP contribution in [0.2, 0.25) is 0 Å². The molecule has 0 bridgehead atoms. The number of carbonyl (C=O) groups is 2. The molecule has 0 aliphatic carbocycles. The Labute approximate surface area is 406 Å². The lowest BCUT2D eigenvalue weighted by Crippen LogP contribution is -2.45. The van der Waals surface area contributed by atoms with E-state index in [1.165, 1.54) is 218 Å². The molecule has 0 aromatic heterocycles. The number of nitrogens with one attached hydrogen (secondary N) is 1. The van der Waals surface area contributed by atoms with Crippen LogP contribution >= 0.6 is 0 Å². The van der Waals surface area contributed by atoms with Crippen molar-refractivity contribution in [2.75, 3.05) is 13.2 Å². The van der Waals surface area contributed by atoms with Crippen LogP contribution in [0.5, 0.6) is 0 Å². The average Bonchev–Trinajstić information content (AvgIpc) is 3.31. The fraction of sp³-hybridized carbons (Fsp3) is 0.932. The van der Waals surface area contributed by atoms with E-state index in [2.05, 4.69) is 31.3 Å². The summed E-state index contributed by atoms with van der Waals surface area (Å²) in [5.41, 5.74) is 0. The Morgan fingerprint density at radius 1 is 0.415 bits per heavy atom. The molecule has 0 heterocycles. The number of rotatable bonds is 55. The number of esters is 1. The van der Waals surface area contributed by atoms with Crippen LogP contribution in [0.3, 0.4) is 0 Å². The molecule has 1 amide bonds. The summed E-state index contributed by atoms with van der Waals surface area (Å²) < 4.78 is 5.47. The number of hydrogen-bond acceptors (Lipinski definition) is 5. The first kappa shape index (κ1) is 63.6. The number of hydrogen-bond donors (Lipinski definition) is 3. The van der Waals surface area contributed by atoms with Gasteiger partial charge in [0.05, 0.1) is 25.4 Å². The molecule has 0 radical (unpaired) electrons. The molecule has 0 fully saturated rings. The number of carbonyl (C=O) groups excluding carboxylic acids is 2. The van der Waals surface area contributed by atoms with Gasteiger partial charge in [0.25, 0.3) is 0 Å². The van der Waals surface area contributed by atoms with Crippen molar-refractivity contribution in [2.45, 2.75) is 341 Å². The normalized spacial score (nSPS) is 12.6.